The van der Waals surface area contributed by atoms with Gasteiger partial charge in [0.25, 0.3) is 0 Å². The zero-order valence-corrected chi connectivity index (χ0v) is 10.8. The molecule has 2 heteroatoms. The van der Waals surface area contributed by atoms with Crippen molar-refractivity contribution in [3.63, 3.8) is 0 Å². The minimum atomic E-state index is 0.640. The number of rotatable bonds is 9. The van der Waals surface area contributed by atoms with Crippen molar-refractivity contribution in [1.29, 1.82) is 0 Å². The Hall–Kier alpha value is -0.790. The van der Waals surface area contributed by atoms with Gasteiger partial charge in [-0.05, 0) is 12.8 Å². The van der Waals surface area contributed by atoms with Crippen molar-refractivity contribution in [3.05, 3.63) is 18.2 Å². The first-order valence-corrected chi connectivity index (χ1v) is 6.87. The zero-order chi connectivity index (χ0) is 11.6. The van der Waals surface area contributed by atoms with Crippen LogP contribution in [0.3, 0.4) is 0 Å². The Morgan fingerprint density at radius 3 is 2.50 bits per heavy atom. The number of unbranched alkanes of at least 4 members (excludes halogenated alkanes) is 5. The summed E-state index contributed by atoms with van der Waals surface area (Å²) in [7, 11) is 0. The summed E-state index contributed by atoms with van der Waals surface area (Å²) >= 11 is 0. The summed E-state index contributed by atoms with van der Waals surface area (Å²) in [6.07, 6.45) is 14.6. The second kappa shape index (κ2) is 8.37. The summed E-state index contributed by atoms with van der Waals surface area (Å²) in [5, 5.41) is 0. The van der Waals surface area contributed by atoms with Gasteiger partial charge in [-0.15, -0.1) is 0 Å². The van der Waals surface area contributed by atoms with Crippen LogP contribution in [0.5, 0.6) is 0 Å². The van der Waals surface area contributed by atoms with E-state index in [1.807, 2.05) is 12.4 Å². The van der Waals surface area contributed by atoms with E-state index in [1.54, 1.807) is 0 Å². The Balaban J connectivity index is 2.11. The molecule has 0 amide bonds. The van der Waals surface area contributed by atoms with Crippen LogP contribution < -0.4 is 0 Å². The largest absolute Gasteiger partial charge is 0.348 e. The minimum absolute atomic E-state index is 0.640. The molecule has 1 aromatic rings. The van der Waals surface area contributed by atoms with Crippen LogP contribution in [0.2, 0.25) is 0 Å². The zero-order valence-electron chi connectivity index (χ0n) is 10.8. The molecule has 1 unspecified atom stereocenters. The molecule has 1 aromatic heterocycles. The molecule has 0 aliphatic carbocycles. The first-order valence-electron chi connectivity index (χ1n) is 6.87. The van der Waals surface area contributed by atoms with Gasteiger partial charge in [0.2, 0.25) is 0 Å². The highest BCUT2D eigenvalue weighted by atomic mass is 14.9. The van der Waals surface area contributed by atoms with Crippen LogP contribution in [0.1, 0.15) is 77.0 Å². The molecule has 0 fully saturated rings. The van der Waals surface area contributed by atoms with E-state index < -0.39 is 0 Å². The molecule has 1 N–H and O–H groups in total. The first-order chi connectivity index (χ1) is 7.88. The number of aromatic amines is 1. The smallest absolute Gasteiger partial charge is 0.109 e. The van der Waals surface area contributed by atoms with E-state index in [2.05, 4.69) is 23.8 Å². The van der Waals surface area contributed by atoms with E-state index >= 15 is 0 Å². The predicted molar refractivity (Wildman–Crippen MR) is 69.6 cm³/mol. The quantitative estimate of drug-likeness (QED) is 0.605. The fourth-order valence-corrected chi connectivity index (χ4v) is 2.21. The predicted octanol–water partition coefficient (Wildman–Crippen LogP) is 4.65. The van der Waals surface area contributed by atoms with Gasteiger partial charge in [-0.25, -0.2) is 4.98 Å². The van der Waals surface area contributed by atoms with Crippen molar-refractivity contribution >= 4 is 0 Å². The third-order valence-electron chi connectivity index (χ3n) is 3.31. The SMILES string of the molecule is CCCCCCCCC(CC)c1ncc[nH]1. The number of hydrogen-bond donors (Lipinski definition) is 1. The molecule has 0 saturated heterocycles. The average molecular weight is 222 g/mol. The maximum absolute atomic E-state index is 4.36. The molecule has 0 spiro atoms. The molecule has 0 aliphatic heterocycles. The molecule has 2 nitrogen and oxygen atoms in total. The molecule has 0 saturated carbocycles. The molecule has 1 atom stereocenters. The molecule has 0 aliphatic rings. The molecular weight excluding hydrogens is 196 g/mol. The van der Waals surface area contributed by atoms with E-state index in [0.29, 0.717) is 5.92 Å². The van der Waals surface area contributed by atoms with Crippen LogP contribution >= 0.6 is 0 Å². The van der Waals surface area contributed by atoms with Crippen molar-refractivity contribution in [3.8, 4) is 0 Å². The molecule has 1 heterocycles. The monoisotopic (exact) mass is 222 g/mol. The number of hydrogen-bond acceptors (Lipinski definition) is 1. The van der Waals surface area contributed by atoms with Gasteiger partial charge in [0.1, 0.15) is 5.82 Å². The fourth-order valence-electron chi connectivity index (χ4n) is 2.21. The summed E-state index contributed by atoms with van der Waals surface area (Å²) in [4.78, 5) is 7.60. The Morgan fingerprint density at radius 1 is 1.12 bits per heavy atom. The summed E-state index contributed by atoms with van der Waals surface area (Å²) < 4.78 is 0. The van der Waals surface area contributed by atoms with Crippen LogP contribution in [0, 0.1) is 0 Å². The van der Waals surface area contributed by atoms with Gasteiger partial charge in [-0.1, -0.05) is 52.4 Å². The maximum atomic E-state index is 4.36. The molecule has 92 valence electrons. The van der Waals surface area contributed by atoms with Gasteiger partial charge in [-0.2, -0.15) is 0 Å². The number of imidazole rings is 1. The highest BCUT2D eigenvalue weighted by molar-refractivity contribution is 4.95. The molecule has 0 radical (unpaired) electrons. The van der Waals surface area contributed by atoms with Gasteiger partial charge in [0, 0.05) is 18.3 Å². The van der Waals surface area contributed by atoms with Crippen LogP contribution in [0.25, 0.3) is 0 Å². The van der Waals surface area contributed by atoms with E-state index in [4.69, 9.17) is 0 Å². The Kier molecular flexibility index (Phi) is 6.95. The van der Waals surface area contributed by atoms with Crippen LogP contribution in [-0.2, 0) is 0 Å². The van der Waals surface area contributed by atoms with E-state index in [-0.39, 0.29) is 0 Å². The molecule has 0 aromatic carbocycles. The number of nitrogens with zero attached hydrogens (tertiary/aromatic N) is 1. The lowest BCUT2D eigenvalue weighted by Gasteiger charge is -2.11. The lowest BCUT2D eigenvalue weighted by molar-refractivity contribution is 0.516. The van der Waals surface area contributed by atoms with Crippen LogP contribution in [-0.4, -0.2) is 9.97 Å². The van der Waals surface area contributed by atoms with Crippen LogP contribution in [0.4, 0.5) is 0 Å². The highest BCUT2D eigenvalue weighted by Gasteiger charge is 2.10. The Bertz CT molecular complexity index is 241. The molecule has 16 heavy (non-hydrogen) atoms. The molecule has 0 bridgehead atoms. The van der Waals surface area contributed by atoms with Crippen molar-refractivity contribution in [2.45, 2.75) is 71.1 Å². The Morgan fingerprint density at radius 2 is 1.88 bits per heavy atom. The van der Waals surface area contributed by atoms with Crippen molar-refractivity contribution < 1.29 is 0 Å². The van der Waals surface area contributed by atoms with Crippen molar-refractivity contribution in [2.75, 3.05) is 0 Å². The highest BCUT2D eigenvalue weighted by Crippen LogP contribution is 2.22. The topological polar surface area (TPSA) is 28.7 Å². The number of nitrogens with one attached hydrogen (secondary N) is 1. The van der Waals surface area contributed by atoms with Gasteiger partial charge in [-0.3, -0.25) is 0 Å². The van der Waals surface area contributed by atoms with Crippen LogP contribution in [0.15, 0.2) is 12.4 Å². The van der Waals surface area contributed by atoms with Gasteiger partial charge in [0.15, 0.2) is 0 Å². The van der Waals surface area contributed by atoms with Crippen molar-refractivity contribution in [1.82, 2.24) is 9.97 Å². The number of H-pyrrole nitrogens is 1. The van der Waals surface area contributed by atoms with Crippen molar-refractivity contribution in [2.24, 2.45) is 0 Å². The third-order valence-corrected chi connectivity index (χ3v) is 3.31. The van der Waals surface area contributed by atoms with Gasteiger partial charge >= 0.3 is 0 Å². The Labute approximate surface area is 99.9 Å². The van der Waals surface area contributed by atoms with E-state index in [0.717, 1.165) is 0 Å². The standard InChI is InChI=1S/C14H26N2/c1-3-5-6-7-8-9-10-13(4-2)14-15-11-12-16-14/h11-13H,3-10H2,1-2H3,(H,15,16). The minimum Gasteiger partial charge on any atom is -0.348 e. The lowest BCUT2D eigenvalue weighted by Crippen LogP contribution is -1.99. The first kappa shape index (κ1) is 13.3. The third kappa shape index (κ3) is 4.82. The maximum Gasteiger partial charge on any atom is 0.109 e. The average Bonchev–Trinajstić information content (AvgIpc) is 2.82. The number of aromatic nitrogens is 2. The summed E-state index contributed by atoms with van der Waals surface area (Å²) in [6.45, 7) is 4.52. The van der Waals surface area contributed by atoms with E-state index in [9.17, 15) is 0 Å². The van der Waals surface area contributed by atoms with Gasteiger partial charge < -0.3 is 4.98 Å². The normalized spacial score (nSPS) is 12.9. The second-order valence-electron chi connectivity index (χ2n) is 4.64. The molecule has 1 rings (SSSR count). The summed E-state index contributed by atoms with van der Waals surface area (Å²) in [6, 6.07) is 0. The van der Waals surface area contributed by atoms with Gasteiger partial charge in [0.05, 0.1) is 0 Å². The summed E-state index contributed by atoms with van der Waals surface area (Å²) in [5.74, 6) is 1.82. The molecular formula is C14H26N2. The summed E-state index contributed by atoms with van der Waals surface area (Å²) in [5.41, 5.74) is 0. The lowest BCUT2D eigenvalue weighted by atomic mass is 9.97. The van der Waals surface area contributed by atoms with E-state index in [1.165, 1.54) is 57.2 Å². The fraction of sp³-hybridized carbons (Fsp3) is 0.786. The second-order valence-corrected chi connectivity index (χ2v) is 4.64.